The number of nitrogens with two attached hydrogens (primary N) is 1. The number of carbonyl (C=O) groups is 3. The monoisotopic (exact) mass is 588 g/mol. The highest BCUT2D eigenvalue weighted by atomic mass is 16.6. The molecule has 0 aromatic heterocycles. The van der Waals surface area contributed by atoms with Gasteiger partial charge in [-0.25, -0.2) is 0 Å². The Bertz CT molecular complexity index is 1350. The Morgan fingerprint density at radius 3 is 2.35 bits per heavy atom. The molecule has 2 aromatic rings. The third-order valence-corrected chi connectivity index (χ3v) is 7.66. The fraction of sp³-hybridized carbons (Fsp3) is 0.441. The fourth-order valence-corrected chi connectivity index (χ4v) is 5.46. The summed E-state index contributed by atoms with van der Waals surface area (Å²) in [7, 11) is 0. The molecule has 1 saturated heterocycles. The molecule has 0 radical (unpaired) electrons. The maximum atomic E-state index is 13.3. The molecule has 2 aromatic carbocycles. The number of nitrogens with zero attached hydrogens (tertiary/aromatic N) is 3. The zero-order valence-corrected chi connectivity index (χ0v) is 25.8. The lowest BCUT2D eigenvalue weighted by Crippen LogP contribution is -2.45. The predicted molar refractivity (Wildman–Crippen MR) is 166 cm³/mol. The van der Waals surface area contributed by atoms with Crippen molar-refractivity contribution in [3.8, 4) is 5.75 Å². The van der Waals surface area contributed by atoms with Crippen LogP contribution >= 0.6 is 0 Å². The first-order valence-electron chi connectivity index (χ1n) is 14.9. The summed E-state index contributed by atoms with van der Waals surface area (Å²) in [5, 5.41) is 0. The highest BCUT2D eigenvalue weighted by Crippen LogP contribution is 2.33. The summed E-state index contributed by atoms with van der Waals surface area (Å²) >= 11 is 0. The number of amides is 2. The Hall–Kier alpha value is -4.11. The first-order valence-corrected chi connectivity index (χ1v) is 14.9. The number of esters is 1. The minimum atomic E-state index is -0.928. The number of carbonyl (C=O) groups excluding carboxylic acids is 3. The summed E-state index contributed by atoms with van der Waals surface area (Å²) < 4.78 is 11.5. The van der Waals surface area contributed by atoms with Crippen molar-refractivity contribution >= 4 is 17.8 Å². The van der Waals surface area contributed by atoms with E-state index in [2.05, 4.69) is 46.7 Å². The number of hydrogen-bond acceptors (Lipinski definition) is 7. The second-order valence-corrected chi connectivity index (χ2v) is 12.1. The van der Waals surface area contributed by atoms with Crippen LogP contribution < -0.4 is 10.5 Å². The molecule has 2 heterocycles. The van der Waals surface area contributed by atoms with Gasteiger partial charge < -0.3 is 25.0 Å². The van der Waals surface area contributed by atoms with Gasteiger partial charge in [-0.1, -0.05) is 43.0 Å². The minimum absolute atomic E-state index is 0.0210. The van der Waals surface area contributed by atoms with Crippen LogP contribution in [-0.2, 0) is 34.0 Å². The summed E-state index contributed by atoms with van der Waals surface area (Å²) in [5.41, 5.74) is 9.56. The molecule has 230 valence electrons. The van der Waals surface area contributed by atoms with Gasteiger partial charge in [-0.3, -0.25) is 19.3 Å². The number of ether oxygens (including phenoxy) is 2. The van der Waals surface area contributed by atoms with Crippen LogP contribution in [0.2, 0.25) is 0 Å². The second kappa shape index (κ2) is 13.9. The molecule has 0 aliphatic carbocycles. The number of rotatable bonds is 12. The molecule has 0 spiro atoms. The molecule has 9 nitrogen and oxygen atoms in total. The third-order valence-electron chi connectivity index (χ3n) is 7.66. The third kappa shape index (κ3) is 8.47. The first kappa shape index (κ1) is 31.8. The SMILES string of the molecule is C=C(/C=C\C)N1CCN(Cc2ccc(COc3cccc4c3CN(C(CCC(=O)OC(C)(C)C)C(N)=O)C4=O)cc2)CC1. The lowest BCUT2D eigenvalue weighted by molar-refractivity contribution is -0.155. The van der Waals surface area contributed by atoms with Gasteiger partial charge in [-0.15, -0.1) is 0 Å². The topological polar surface area (TPSA) is 105 Å². The molecule has 2 N–H and O–H groups in total. The van der Waals surface area contributed by atoms with Crippen LogP contribution in [0, 0.1) is 0 Å². The Labute approximate surface area is 254 Å². The van der Waals surface area contributed by atoms with Gasteiger partial charge in [0, 0.05) is 56.0 Å². The van der Waals surface area contributed by atoms with E-state index in [0.717, 1.165) is 44.0 Å². The Balaban J connectivity index is 1.32. The van der Waals surface area contributed by atoms with Gasteiger partial charge in [0.05, 0.1) is 6.54 Å². The van der Waals surface area contributed by atoms with E-state index in [1.807, 2.05) is 19.1 Å². The number of piperazine rings is 1. The Kier molecular flexibility index (Phi) is 10.3. The lowest BCUT2D eigenvalue weighted by Gasteiger charge is -2.36. The van der Waals surface area contributed by atoms with E-state index < -0.39 is 23.5 Å². The molecular weight excluding hydrogens is 544 g/mol. The summed E-state index contributed by atoms with van der Waals surface area (Å²) in [6, 6.07) is 12.8. The van der Waals surface area contributed by atoms with Gasteiger partial charge in [-0.2, -0.15) is 0 Å². The highest BCUT2D eigenvalue weighted by Gasteiger charge is 2.37. The Morgan fingerprint density at radius 1 is 1.05 bits per heavy atom. The molecule has 2 amide bonds. The number of allylic oxidation sites excluding steroid dienone is 2. The maximum absolute atomic E-state index is 13.3. The van der Waals surface area contributed by atoms with Crippen LogP contribution in [0.3, 0.4) is 0 Å². The molecule has 4 rings (SSSR count). The quantitative estimate of drug-likeness (QED) is 0.289. The van der Waals surface area contributed by atoms with E-state index in [9.17, 15) is 14.4 Å². The van der Waals surface area contributed by atoms with E-state index in [-0.39, 0.29) is 25.3 Å². The van der Waals surface area contributed by atoms with E-state index in [1.165, 1.54) is 10.5 Å². The number of benzene rings is 2. The van der Waals surface area contributed by atoms with Gasteiger partial charge in [0.2, 0.25) is 5.91 Å². The van der Waals surface area contributed by atoms with E-state index in [0.29, 0.717) is 23.5 Å². The predicted octanol–water partition coefficient (Wildman–Crippen LogP) is 4.40. The van der Waals surface area contributed by atoms with E-state index >= 15 is 0 Å². The number of fused-ring (bicyclic) bond motifs is 1. The molecule has 9 heteroatoms. The summed E-state index contributed by atoms with van der Waals surface area (Å²) in [5.74, 6) is -0.810. The molecule has 1 atom stereocenters. The van der Waals surface area contributed by atoms with Crippen LogP contribution in [-0.4, -0.2) is 70.3 Å². The number of hydrogen-bond donors (Lipinski definition) is 1. The smallest absolute Gasteiger partial charge is 0.306 e. The van der Waals surface area contributed by atoms with Crippen molar-refractivity contribution in [2.75, 3.05) is 26.2 Å². The average molecular weight is 589 g/mol. The minimum Gasteiger partial charge on any atom is -0.489 e. The van der Waals surface area contributed by atoms with Crippen molar-refractivity contribution in [1.29, 1.82) is 0 Å². The maximum Gasteiger partial charge on any atom is 0.306 e. The zero-order valence-electron chi connectivity index (χ0n) is 25.8. The normalized spacial score (nSPS) is 16.3. The van der Waals surface area contributed by atoms with E-state index in [1.54, 1.807) is 32.9 Å². The van der Waals surface area contributed by atoms with Crippen molar-refractivity contribution in [3.05, 3.63) is 89.1 Å². The summed E-state index contributed by atoms with van der Waals surface area (Å²) in [6.45, 7) is 16.8. The van der Waals surface area contributed by atoms with Crippen LogP contribution in [0.15, 0.2) is 66.9 Å². The molecular formula is C34H44N4O5. The van der Waals surface area contributed by atoms with Gasteiger partial charge in [0.1, 0.15) is 24.0 Å². The zero-order chi connectivity index (χ0) is 31.1. The van der Waals surface area contributed by atoms with E-state index in [4.69, 9.17) is 15.2 Å². The highest BCUT2D eigenvalue weighted by molar-refractivity contribution is 6.01. The summed E-state index contributed by atoms with van der Waals surface area (Å²) in [6.07, 6.45) is 4.15. The molecule has 43 heavy (non-hydrogen) atoms. The van der Waals surface area contributed by atoms with Crippen LogP contribution in [0.4, 0.5) is 0 Å². The van der Waals surface area contributed by atoms with Crippen LogP contribution in [0.1, 0.15) is 67.6 Å². The molecule has 2 aliphatic heterocycles. The first-order chi connectivity index (χ1) is 20.4. The van der Waals surface area contributed by atoms with Crippen LogP contribution in [0.5, 0.6) is 5.75 Å². The molecule has 1 unspecified atom stereocenters. The van der Waals surface area contributed by atoms with Gasteiger partial charge in [0.25, 0.3) is 5.91 Å². The van der Waals surface area contributed by atoms with Crippen molar-refractivity contribution in [2.24, 2.45) is 5.73 Å². The number of primary amides is 1. The molecule has 0 bridgehead atoms. The lowest BCUT2D eigenvalue weighted by atomic mass is 10.1. The van der Waals surface area contributed by atoms with Crippen molar-refractivity contribution in [3.63, 3.8) is 0 Å². The van der Waals surface area contributed by atoms with Gasteiger partial charge >= 0.3 is 5.97 Å². The fourth-order valence-electron chi connectivity index (χ4n) is 5.46. The van der Waals surface area contributed by atoms with Gasteiger partial charge in [0.15, 0.2) is 0 Å². The Morgan fingerprint density at radius 2 is 1.72 bits per heavy atom. The van der Waals surface area contributed by atoms with Gasteiger partial charge in [-0.05, 0) is 63.5 Å². The molecule has 0 saturated carbocycles. The van der Waals surface area contributed by atoms with Crippen molar-refractivity contribution < 1.29 is 23.9 Å². The molecule has 2 aliphatic rings. The summed E-state index contributed by atoms with van der Waals surface area (Å²) in [4.78, 5) is 44.0. The average Bonchev–Trinajstić information content (AvgIpc) is 3.28. The van der Waals surface area contributed by atoms with Crippen molar-refractivity contribution in [2.45, 2.75) is 71.9 Å². The van der Waals surface area contributed by atoms with Crippen LogP contribution in [0.25, 0.3) is 0 Å². The molecule has 1 fully saturated rings. The van der Waals surface area contributed by atoms with Crippen molar-refractivity contribution in [1.82, 2.24) is 14.7 Å². The standard InChI is InChI=1S/C34H44N4O5/c1-6-8-24(2)37-19-17-36(18-20-37)21-25-11-13-26(14-12-25)23-42-30-10-7-9-27-28(30)22-38(33(27)41)29(32(35)40)15-16-31(39)43-34(3,4)5/h6-14,29H,2,15-23H2,1,3-5H3,(H2,35,40)/b8-6-. The largest absolute Gasteiger partial charge is 0.489 e. The second-order valence-electron chi connectivity index (χ2n) is 12.1.